The van der Waals surface area contributed by atoms with Crippen LogP contribution in [-0.4, -0.2) is 9.97 Å². The van der Waals surface area contributed by atoms with Crippen LogP contribution in [0.5, 0.6) is 0 Å². The molecule has 1 aromatic carbocycles. The molecule has 0 atom stereocenters. The number of fused-ring (bicyclic) bond motifs is 3. The van der Waals surface area contributed by atoms with Gasteiger partial charge in [-0.05, 0) is 30.3 Å². The van der Waals surface area contributed by atoms with Gasteiger partial charge in [-0.15, -0.1) is 0 Å². The van der Waals surface area contributed by atoms with Crippen LogP contribution in [0.2, 0.25) is 5.15 Å². The SMILES string of the molecule is Clc1ccc2ccc3ncccc3c2n1. The Morgan fingerprint density at radius 2 is 1.87 bits per heavy atom. The van der Waals surface area contributed by atoms with Crippen molar-refractivity contribution in [2.24, 2.45) is 0 Å². The Labute approximate surface area is 91.5 Å². The van der Waals surface area contributed by atoms with Gasteiger partial charge in [-0.2, -0.15) is 0 Å². The largest absolute Gasteiger partial charge is 0.256 e. The smallest absolute Gasteiger partial charge is 0.129 e. The summed E-state index contributed by atoms with van der Waals surface area (Å²) in [5.41, 5.74) is 1.85. The van der Waals surface area contributed by atoms with Crippen molar-refractivity contribution in [3.8, 4) is 0 Å². The molecule has 0 bridgehead atoms. The molecule has 3 heteroatoms. The molecule has 2 heterocycles. The van der Waals surface area contributed by atoms with Gasteiger partial charge < -0.3 is 0 Å². The first-order valence-electron chi connectivity index (χ1n) is 4.64. The zero-order valence-corrected chi connectivity index (χ0v) is 8.57. The number of nitrogens with zero attached hydrogens (tertiary/aromatic N) is 2. The second-order valence-electron chi connectivity index (χ2n) is 3.34. The second kappa shape index (κ2) is 3.17. The van der Waals surface area contributed by atoms with Gasteiger partial charge in [-0.25, -0.2) is 4.98 Å². The van der Waals surface area contributed by atoms with Crippen molar-refractivity contribution in [1.29, 1.82) is 0 Å². The second-order valence-corrected chi connectivity index (χ2v) is 3.73. The van der Waals surface area contributed by atoms with Crippen LogP contribution in [0.15, 0.2) is 42.6 Å². The van der Waals surface area contributed by atoms with Crippen molar-refractivity contribution in [2.45, 2.75) is 0 Å². The Morgan fingerprint density at radius 1 is 1.00 bits per heavy atom. The lowest BCUT2D eigenvalue weighted by molar-refractivity contribution is 1.39. The molecule has 0 N–H and O–H groups in total. The van der Waals surface area contributed by atoms with E-state index in [1.807, 2.05) is 30.3 Å². The fourth-order valence-corrected chi connectivity index (χ4v) is 1.86. The van der Waals surface area contributed by atoms with E-state index in [-0.39, 0.29) is 0 Å². The molecule has 0 aliphatic rings. The molecule has 0 unspecified atom stereocenters. The van der Waals surface area contributed by atoms with Gasteiger partial charge in [0.05, 0.1) is 11.0 Å². The maximum atomic E-state index is 5.89. The molecular weight excluding hydrogens is 208 g/mol. The summed E-state index contributed by atoms with van der Waals surface area (Å²) in [4.78, 5) is 8.61. The molecule has 0 saturated heterocycles. The average Bonchev–Trinajstić information content (AvgIpc) is 2.29. The summed E-state index contributed by atoms with van der Waals surface area (Å²) in [6.45, 7) is 0. The van der Waals surface area contributed by atoms with Gasteiger partial charge in [0.25, 0.3) is 0 Å². The van der Waals surface area contributed by atoms with Crippen LogP contribution in [0.4, 0.5) is 0 Å². The highest BCUT2D eigenvalue weighted by Crippen LogP contribution is 2.23. The van der Waals surface area contributed by atoms with E-state index >= 15 is 0 Å². The van der Waals surface area contributed by atoms with Gasteiger partial charge >= 0.3 is 0 Å². The predicted molar refractivity (Wildman–Crippen MR) is 62.1 cm³/mol. The van der Waals surface area contributed by atoms with Crippen molar-refractivity contribution in [1.82, 2.24) is 9.97 Å². The highest BCUT2D eigenvalue weighted by atomic mass is 35.5. The summed E-state index contributed by atoms with van der Waals surface area (Å²) in [6, 6.07) is 11.7. The Bertz CT molecular complexity index is 649. The van der Waals surface area contributed by atoms with Gasteiger partial charge in [0.15, 0.2) is 0 Å². The molecule has 0 fully saturated rings. The highest BCUT2D eigenvalue weighted by Gasteiger charge is 2.02. The number of hydrogen-bond acceptors (Lipinski definition) is 2. The van der Waals surface area contributed by atoms with E-state index in [1.54, 1.807) is 12.3 Å². The van der Waals surface area contributed by atoms with Gasteiger partial charge in [-0.1, -0.05) is 17.7 Å². The summed E-state index contributed by atoms with van der Waals surface area (Å²) in [6.07, 6.45) is 1.78. The predicted octanol–water partition coefficient (Wildman–Crippen LogP) is 3.44. The fraction of sp³-hybridized carbons (Fsp3) is 0. The molecule has 72 valence electrons. The Kier molecular flexibility index (Phi) is 1.82. The van der Waals surface area contributed by atoms with Crippen LogP contribution in [0.25, 0.3) is 21.8 Å². The molecule has 0 aliphatic carbocycles. The van der Waals surface area contributed by atoms with E-state index in [4.69, 9.17) is 11.6 Å². The van der Waals surface area contributed by atoms with Crippen LogP contribution in [0.1, 0.15) is 0 Å². The first kappa shape index (κ1) is 8.62. The molecule has 3 aromatic rings. The number of aromatic nitrogens is 2. The molecule has 2 aromatic heterocycles. The molecule has 0 spiro atoms. The summed E-state index contributed by atoms with van der Waals surface area (Å²) < 4.78 is 0. The number of benzene rings is 1. The van der Waals surface area contributed by atoms with Crippen LogP contribution in [0.3, 0.4) is 0 Å². The Balaban J connectivity index is 2.57. The minimum Gasteiger partial charge on any atom is -0.256 e. The van der Waals surface area contributed by atoms with Crippen LogP contribution >= 0.6 is 11.6 Å². The molecular formula is C12H7ClN2. The first-order chi connectivity index (χ1) is 7.34. The fourth-order valence-electron chi connectivity index (χ4n) is 1.72. The summed E-state index contributed by atoms with van der Waals surface area (Å²) >= 11 is 5.89. The van der Waals surface area contributed by atoms with Gasteiger partial charge in [0.1, 0.15) is 5.15 Å². The lowest BCUT2D eigenvalue weighted by atomic mass is 10.1. The number of rotatable bonds is 0. The lowest BCUT2D eigenvalue weighted by Crippen LogP contribution is -1.84. The summed E-state index contributed by atoms with van der Waals surface area (Å²) in [5.74, 6) is 0. The van der Waals surface area contributed by atoms with Crippen LogP contribution < -0.4 is 0 Å². The molecule has 0 saturated carbocycles. The molecule has 0 radical (unpaired) electrons. The molecule has 15 heavy (non-hydrogen) atoms. The van der Waals surface area contributed by atoms with Crippen molar-refractivity contribution < 1.29 is 0 Å². The first-order valence-corrected chi connectivity index (χ1v) is 5.02. The van der Waals surface area contributed by atoms with Crippen molar-refractivity contribution in [3.63, 3.8) is 0 Å². The number of hydrogen-bond donors (Lipinski definition) is 0. The summed E-state index contributed by atoms with van der Waals surface area (Å²) in [7, 11) is 0. The van der Waals surface area contributed by atoms with E-state index in [9.17, 15) is 0 Å². The highest BCUT2D eigenvalue weighted by molar-refractivity contribution is 6.30. The van der Waals surface area contributed by atoms with Gasteiger partial charge in [0.2, 0.25) is 0 Å². The Hall–Kier alpha value is -1.67. The molecule has 3 rings (SSSR count). The minimum atomic E-state index is 0.513. The van der Waals surface area contributed by atoms with E-state index in [0.717, 1.165) is 21.8 Å². The molecule has 0 amide bonds. The van der Waals surface area contributed by atoms with Crippen molar-refractivity contribution >= 4 is 33.4 Å². The standard InChI is InChI=1S/C12H7ClN2/c13-11-6-4-8-3-5-10-9(12(8)15-11)2-1-7-14-10/h1-7H. The van der Waals surface area contributed by atoms with Crippen molar-refractivity contribution in [3.05, 3.63) is 47.7 Å². The zero-order valence-electron chi connectivity index (χ0n) is 7.81. The van der Waals surface area contributed by atoms with E-state index < -0.39 is 0 Å². The van der Waals surface area contributed by atoms with Crippen LogP contribution in [-0.2, 0) is 0 Å². The zero-order chi connectivity index (χ0) is 10.3. The van der Waals surface area contributed by atoms with E-state index in [0.29, 0.717) is 5.15 Å². The number of halogens is 1. The monoisotopic (exact) mass is 214 g/mol. The molecule has 0 aliphatic heterocycles. The topological polar surface area (TPSA) is 25.8 Å². The quantitative estimate of drug-likeness (QED) is 0.423. The average molecular weight is 215 g/mol. The van der Waals surface area contributed by atoms with Gasteiger partial charge in [0, 0.05) is 17.0 Å². The third-order valence-corrected chi connectivity index (χ3v) is 2.62. The van der Waals surface area contributed by atoms with Gasteiger partial charge in [-0.3, -0.25) is 4.98 Å². The van der Waals surface area contributed by atoms with E-state index in [2.05, 4.69) is 9.97 Å². The minimum absolute atomic E-state index is 0.513. The lowest BCUT2D eigenvalue weighted by Gasteiger charge is -2.01. The third kappa shape index (κ3) is 1.34. The normalized spacial score (nSPS) is 11.0. The summed E-state index contributed by atoms with van der Waals surface area (Å²) in [5, 5.41) is 2.64. The Morgan fingerprint density at radius 3 is 2.80 bits per heavy atom. The number of pyridine rings is 2. The van der Waals surface area contributed by atoms with Crippen LogP contribution in [0, 0.1) is 0 Å². The van der Waals surface area contributed by atoms with Crippen molar-refractivity contribution in [2.75, 3.05) is 0 Å². The molecule has 2 nitrogen and oxygen atoms in total. The maximum absolute atomic E-state index is 5.89. The third-order valence-electron chi connectivity index (χ3n) is 2.41. The van der Waals surface area contributed by atoms with E-state index in [1.165, 1.54) is 0 Å². The maximum Gasteiger partial charge on any atom is 0.129 e.